The molecule has 4 heteroatoms. The molecule has 1 aromatic carbocycles. The number of aliphatic hydroxyl groups is 1. The highest BCUT2D eigenvalue weighted by Gasteiger charge is 2.26. The van der Waals surface area contributed by atoms with Crippen molar-refractivity contribution in [3.8, 4) is 0 Å². The standard InChI is InChI=1S/C13H16INO2/c1-8-5-10(14)6-12(9(8)2)13(17)15-4-3-11(16)7-15/h5-6,11,16H,3-4,7H2,1-2H3/t11-/m1/s1. The first kappa shape index (κ1) is 12.8. The van der Waals surface area contributed by atoms with Gasteiger partial charge in [0.25, 0.3) is 5.91 Å². The van der Waals surface area contributed by atoms with Crippen molar-refractivity contribution in [2.45, 2.75) is 26.4 Å². The Labute approximate surface area is 115 Å². The van der Waals surface area contributed by atoms with Gasteiger partial charge in [0.05, 0.1) is 6.10 Å². The number of aliphatic hydroxyl groups excluding tert-OH is 1. The number of hydrogen-bond donors (Lipinski definition) is 1. The van der Waals surface area contributed by atoms with Crippen LogP contribution in [0.1, 0.15) is 27.9 Å². The summed E-state index contributed by atoms with van der Waals surface area (Å²) in [6.07, 6.45) is 0.330. The zero-order valence-corrected chi connectivity index (χ0v) is 12.2. The van der Waals surface area contributed by atoms with Crippen LogP contribution in [0.5, 0.6) is 0 Å². The Bertz CT molecular complexity index is 459. The van der Waals surface area contributed by atoms with E-state index in [1.165, 1.54) is 0 Å². The number of hydrogen-bond acceptors (Lipinski definition) is 2. The molecule has 1 N–H and O–H groups in total. The van der Waals surface area contributed by atoms with E-state index in [2.05, 4.69) is 28.7 Å². The third-order valence-electron chi connectivity index (χ3n) is 3.31. The van der Waals surface area contributed by atoms with Crippen LogP contribution in [0.15, 0.2) is 12.1 Å². The highest BCUT2D eigenvalue weighted by molar-refractivity contribution is 14.1. The summed E-state index contributed by atoms with van der Waals surface area (Å²) in [5.74, 6) is 0.0423. The largest absolute Gasteiger partial charge is 0.391 e. The van der Waals surface area contributed by atoms with Gasteiger partial charge in [-0.15, -0.1) is 0 Å². The molecule has 17 heavy (non-hydrogen) atoms. The fourth-order valence-electron chi connectivity index (χ4n) is 2.13. The van der Waals surface area contributed by atoms with Crippen LogP contribution in [-0.4, -0.2) is 35.1 Å². The Kier molecular flexibility index (Phi) is 3.73. The minimum Gasteiger partial charge on any atom is -0.391 e. The lowest BCUT2D eigenvalue weighted by Gasteiger charge is -2.18. The molecule has 0 bridgehead atoms. The van der Waals surface area contributed by atoms with E-state index in [-0.39, 0.29) is 12.0 Å². The van der Waals surface area contributed by atoms with Gasteiger partial charge in [-0.1, -0.05) is 0 Å². The van der Waals surface area contributed by atoms with Crippen molar-refractivity contribution in [1.29, 1.82) is 0 Å². The molecule has 1 atom stereocenters. The van der Waals surface area contributed by atoms with E-state index in [1.54, 1.807) is 4.90 Å². The summed E-state index contributed by atoms with van der Waals surface area (Å²) in [6.45, 7) is 5.12. The first-order chi connectivity index (χ1) is 7.99. The molecule has 1 saturated heterocycles. The van der Waals surface area contributed by atoms with Gasteiger partial charge in [0.1, 0.15) is 0 Å². The lowest BCUT2D eigenvalue weighted by Crippen LogP contribution is -2.30. The molecular formula is C13H16INO2. The molecule has 2 rings (SSSR count). The number of carbonyl (C=O) groups excluding carboxylic acids is 1. The van der Waals surface area contributed by atoms with Crippen molar-refractivity contribution in [2.75, 3.05) is 13.1 Å². The Morgan fingerprint density at radius 3 is 2.76 bits per heavy atom. The minimum absolute atomic E-state index is 0.0423. The molecule has 1 aliphatic heterocycles. The highest BCUT2D eigenvalue weighted by Crippen LogP contribution is 2.21. The predicted molar refractivity (Wildman–Crippen MR) is 75.2 cm³/mol. The third kappa shape index (κ3) is 2.63. The van der Waals surface area contributed by atoms with Crippen LogP contribution in [-0.2, 0) is 0 Å². The zero-order chi connectivity index (χ0) is 12.6. The molecule has 3 nitrogen and oxygen atoms in total. The van der Waals surface area contributed by atoms with Crippen molar-refractivity contribution in [3.05, 3.63) is 32.4 Å². The molecule has 92 valence electrons. The predicted octanol–water partition coefficient (Wildman–Crippen LogP) is 2.11. The summed E-state index contributed by atoms with van der Waals surface area (Å²) in [5, 5.41) is 9.48. The summed E-state index contributed by atoms with van der Waals surface area (Å²) in [6, 6.07) is 4.00. The van der Waals surface area contributed by atoms with Gasteiger partial charge >= 0.3 is 0 Å². The normalized spacial score (nSPS) is 19.8. The maximum absolute atomic E-state index is 12.3. The molecule has 1 heterocycles. The van der Waals surface area contributed by atoms with Crippen LogP contribution in [0.3, 0.4) is 0 Å². The van der Waals surface area contributed by atoms with E-state index in [1.807, 2.05) is 19.9 Å². The van der Waals surface area contributed by atoms with Crippen molar-refractivity contribution in [1.82, 2.24) is 4.90 Å². The molecule has 0 aromatic heterocycles. The number of amides is 1. The first-order valence-corrected chi connectivity index (χ1v) is 6.81. The lowest BCUT2D eigenvalue weighted by atomic mass is 10.0. The second-order valence-electron chi connectivity index (χ2n) is 4.59. The Balaban J connectivity index is 2.31. The fraction of sp³-hybridized carbons (Fsp3) is 0.462. The van der Waals surface area contributed by atoms with Crippen molar-refractivity contribution >= 4 is 28.5 Å². The van der Waals surface area contributed by atoms with E-state index in [4.69, 9.17) is 0 Å². The molecule has 1 aromatic rings. The van der Waals surface area contributed by atoms with Crippen LogP contribution in [0.4, 0.5) is 0 Å². The monoisotopic (exact) mass is 345 g/mol. The van der Waals surface area contributed by atoms with Crippen LogP contribution in [0.25, 0.3) is 0 Å². The van der Waals surface area contributed by atoms with E-state index >= 15 is 0 Å². The summed E-state index contributed by atoms with van der Waals surface area (Å²) in [7, 11) is 0. The molecule has 0 spiro atoms. The van der Waals surface area contributed by atoms with Gasteiger partial charge < -0.3 is 10.0 Å². The molecule has 0 saturated carbocycles. The average Bonchev–Trinajstić information content (AvgIpc) is 2.69. The van der Waals surface area contributed by atoms with Crippen molar-refractivity contribution < 1.29 is 9.90 Å². The second kappa shape index (κ2) is 4.94. The quantitative estimate of drug-likeness (QED) is 0.792. The van der Waals surface area contributed by atoms with Crippen LogP contribution < -0.4 is 0 Å². The second-order valence-corrected chi connectivity index (χ2v) is 5.83. The average molecular weight is 345 g/mol. The topological polar surface area (TPSA) is 40.5 Å². The van der Waals surface area contributed by atoms with Gasteiger partial charge in [-0.25, -0.2) is 0 Å². The third-order valence-corrected chi connectivity index (χ3v) is 3.94. The van der Waals surface area contributed by atoms with E-state index in [0.29, 0.717) is 19.5 Å². The molecule has 1 fully saturated rings. The number of rotatable bonds is 1. The first-order valence-electron chi connectivity index (χ1n) is 5.73. The van der Waals surface area contributed by atoms with Crippen LogP contribution >= 0.6 is 22.6 Å². The number of nitrogens with zero attached hydrogens (tertiary/aromatic N) is 1. The SMILES string of the molecule is Cc1cc(I)cc(C(=O)N2CC[C@@H](O)C2)c1C. The van der Waals surface area contributed by atoms with E-state index < -0.39 is 0 Å². The lowest BCUT2D eigenvalue weighted by molar-refractivity contribution is 0.0764. The number of carbonyl (C=O) groups is 1. The molecule has 1 amide bonds. The van der Waals surface area contributed by atoms with E-state index in [9.17, 15) is 9.90 Å². The molecule has 1 aliphatic rings. The summed E-state index contributed by atoms with van der Waals surface area (Å²) in [5.41, 5.74) is 2.94. The van der Waals surface area contributed by atoms with Gasteiger partial charge in [0.2, 0.25) is 0 Å². The number of likely N-dealkylation sites (tertiary alicyclic amines) is 1. The summed E-state index contributed by atoms with van der Waals surface area (Å²) >= 11 is 2.23. The number of β-amino-alcohol motifs (C(OH)–C–C–N with tert-alkyl or cyclic N) is 1. The number of benzene rings is 1. The van der Waals surface area contributed by atoms with E-state index in [0.717, 1.165) is 20.3 Å². The van der Waals surface area contributed by atoms with Gasteiger partial charge in [0, 0.05) is 22.2 Å². The maximum atomic E-state index is 12.3. The highest BCUT2D eigenvalue weighted by atomic mass is 127. The Morgan fingerprint density at radius 2 is 2.18 bits per heavy atom. The molecule has 0 aliphatic carbocycles. The Morgan fingerprint density at radius 1 is 1.47 bits per heavy atom. The van der Waals surface area contributed by atoms with Gasteiger partial charge in [-0.05, 0) is 66.1 Å². The van der Waals surface area contributed by atoms with Gasteiger partial charge in [0.15, 0.2) is 0 Å². The fourth-order valence-corrected chi connectivity index (χ4v) is 2.91. The van der Waals surface area contributed by atoms with Crippen molar-refractivity contribution in [2.24, 2.45) is 0 Å². The van der Waals surface area contributed by atoms with Gasteiger partial charge in [-0.3, -0.25) is 4.79 Å². The van der Waals surface area contributed by atoms with Crippen LogP contribution in [0.2, 0.25) is 0 Å². The number of halogens is 1. The van der Waals surface area contributed by atoms with Crippen LogP contribution in [0, 0.1) is 17.4 Å². The number of aryl methyl sites for hydroxylation is 1. The summed E-state index contributed by atoms with van der Waals surface area (Å²) < 4.78 is 1.08. The smallest absolute Gasteiger partial charge is 0.254 e. The van der Waals surface area contributed by atoms with Crippen molar-refractivity contribution in [3.63, 3.8) is 0 Å². The van der Waals surface area contributed by atoms with Gasteiger partial charge in [-0.2, -0.15) is 0 Å². The molecule has 0 radical (unpaired) electrons. The maximum Gasteiger partial charge on any atom is 0.254 e. The Hall–Kier alpha value is -0.620. The molecular weight excluding hydrogens is 329 g/mol. The zero-order valence-electron chi connectivity index (χ0n) is 10.0. The minimum atomic E-state index is -0.358. The summed E-state index contributed by atoms with van der Waals surface area (Å²) in [4.78, 5) is 14.1. The molecule has 0 unspecified atom stereocenters.